The van der Waals surface area contributed by atoms with E-state index in [-0.39, 0.29) is 19.0 Å². The number of hydrogen-bond donors (Lipinski definition) is 0. The van der Waals surface area contributed by atoms with Crippen molar-refractivity contribution in [3.05, 3.63) is 88.3 Å². The Bertz CT molecular complexity index is 1510. The number of carbonyl (C=O) groups is 1. The number of aryl methyl sites for hydroxylation is 1. The molecular formula is C25H22ClN3O4S2. The lowest BCUT2D eigenvalue weighted by Gasteiger charge is -2.34. The maximum Gasteiger partial charge on any atom is 0.253 e. The molecule has 5 rings (SSSR count). The van der Waals surface area contributed by atoms with Gasteiger partial charge in [0.1, 0.15) is 4.21 Å². The van der Waals surface area contributed by atoms with E-state index >= 15 is 0 Å². The number of sulfonamides is 1. The van der Waals surface area contributed by atoms with E-state index in [4.69, 9.17) is 11.6 Å². The topological polar surface area (TPSA) is 84.6 Å². The largest absolute Gasteiger partial charge is 0.619 e. The van der Waals surface area contributed by atoms with Crippen molar-refractivity contribution in [3.8, 4) is 11.1 Å². The summed E-state index contributed by atoms with van der Waals surface area (Å²) >= 11 is 7.35. The lowest BCUT2D eigenvalue weighted by Crippen LogP contribution is -2.50. The minimum Gasteiger partial charge on any atom is -0.619 e. The van der Waals surface area contributed by atoms with Gasteiger partial charge in [-0.05, 0) is 59.3 Å². The number of aromatic nitrogens is 1. The molecule has 1 saturated heterocycles. The molecule has 0 saturated carbocycles. The fourth-order valence-electron chi connectivity index (χ4n) is 4.26. The molecule has 0 atom stereocenters. The zero-order chi connectivity index (χ0) is 24.7. The van der Waals surface area contributed by atoms with Gasteiger partial charge in [-0.1, -0.05) is 23.7 Å². The Morgan fingerprint density at radius 1 is 0.971 bits per heavy atom. The Morgan fingerprint density at radius 3 is 2.26 bits per heavy atom. The summed E-state index contributed by atoms with van der Waals surface area (Å²) in [6.45, 7) is 2.91. The first kappa shape index (κ1) is 23.7. The van der Waals surface area contributed by atoms with Gasteiger partial charge in [-0.2, -0.15) is 9.04 Å². The number of benzene rings is 2. The summed E-state index contributed by atoms with van der Waals surface area (Å²) in [4.78, 5) is 14.7. The van der Waals surface area contributed by atoms with E-state index in [1.165, 1.54) is 28.0 Å². The van der Waals surface area contributed by atoms with Gasteiger partial charge in [-0.25, -0.2) is 8.42 Å². The SMILES string of the molecule is Cc1c(S(=O)(=O)N2CCN(C(=O)c3ccc(-c4cc[n+]([O-])cc4)cc3)CC2)sc2ccc(Cl)cc12. The fraction of sp³-hybridized carbons (Fsp3) is 0.200. The van der Waals surface area contributed by atoms with Crippen LogP contribution in [-0.2, 0) is 10.0 Å². The maximum atomic E-state index is 13.4. The highest BCUT2D eigenvalue weighted by Gasteiger charge is 2.33. The van der Waals surface area contributed by atoms with Gasteiger partial charge in [0.25, 0.3) is 15.9 Å². The average molecular weight is 528 g/mol. The molecule has 0 bridgehead atoms. The van der Waals surface area contributed by atoms with Crippen LogP contribution in [-0.4, -0.2) is 49.7 Å². The first-order chi connectivity index (χ1) is 16.7. The van der Waals surface area contributed by atoms with Crippen molar-refractivity contribution in [1.29, 1.82) is 0 Å². The highest BCUT2D eigenvalue weighted by Crippen LogP contribution is 2.37. The molecule has 7 nitrogen and oxygen atoms in total. The average Bonchev–Trinajstić information content (AvgIpc) is 3.20. The van der Waals surface area contributed by atoms with Gasteiger partial charge < -0.3 is 10.1 Å². The smallest absolute Gasteiger partial charge is 0.253 e. The monoisotopic (exact) mass is 527 g/mol. The fourth-order valence-corrected chi connectivity index (χ4v) is 7.73. The second-order valence-electron chi connectivity index (χ2n) is 8.38. The van der Waals surface area contributed by atoms with E-state index in [0.29, 0.717) is 33.4 Å². The van der Waals surface area contributed by atoms with E-state index in [9.17, 15) is 18.4 Å². The van der Waals surface area contributed by atoms with E-state index in [1.54, 1.807) is 48.2 Å². The number of hydrogen-bond acceptors (Lipinski definition) is 5. The van der Waals surface area contributed by atoms with Crippen molar-refractivity contribution in [1.82, 2.24) is 9.21 Å². The summed E-state index contributed by atoms with van der Waals surface area (Å²) in [7, 11) is -3.67. The summed E-state index contributed by atoms with van der Waals surface area (Å²) in [6, 6.07) is 16.0. The number of piperazine rings is 1. The number of pyridine rings is 1. The molecule has 4 aromatic rings. The van der Waals surface area contributed by atoms with Gasteiger partial charge >= 0.3 is 0 Å². The Hall–Kier alpha value is -2.98. The zero-order valence-electron chi connectivity index (χ0n) is 18.8. The molecule has 0 unspecified atom stereocenters. The van der Waals surface area contributed by atoms with Crippen LogP contribution in [0.4, 0.5) is 0 Å². The number of nitrogens with zero attached hydrogens (tertiary/aromatic N) is 3. The molecule has 180 valence electrons. The van der Waals surface area contributed by atoms with Gasteiger partial charge in [0.05, 0.1) is 0 Å². The summed E-state index contributed by atoms with van der Waals surface area (Å²) in [5.74, 6) is -0.133. The number of halogens is 1. The van der Waals surface area contributed by atoms with Gasteiger partial charge in [0.2, 0.25) is 0 Å². The third-order valence-corrected chi connectivity index (χ3v) is 10.2. The summed E-state index contributed by atoms with van der Waals surface area (Å²) in [5.41, 5.74) is 3.03. The van der Waals surface area contributed by atoms with E-state index in [0.717, 1.165) is 25.9 Å². The van der Waals surface area contributed by atoms with Crippen molar-refractivity contribution < 1.29 is 17.9 Å². The van der Waals surface area contributed by atoms with Gasteiger partial charge in [0, 0.05) is 53.6 Å². The lowest BCUT2D eigenvalue weighted by molar-refractivity contribution is -0.605. The van der Waals surface area contributed by atoms with Gasteiger partial charge in [-0.3, -0.25) is 4.79 Å². The second-order valence-corrected chi connectivity index (χ2v) is 12.0. The number of amides is 1. The van der Waals surface area contributed by atoms with Gasteiger partial charge in [0.15, 0.2) is 12.4 Å². The van der Waals surface area contributed by atoms with Crippen LogP contribution in [0.15, 0.2) is 71.2 Å². The molecule has 10 heteroatoms. The van der Waals surface area contributed by atoms with Crippen LogP contribution < -0.4 is 4.73 Å². The quantitative estimate of drug-likeness (QED) is 0.292. The third kappa shape index (κ3) is 4.52. The highest BCUT2D eigenvalue weighted by atomic mass is 35.5. The molecule has 2 aromatic carbocycles. The molecule has 0 N–H and O–H groups in total. The van der Waals surface area contributed by atoms with Crippen LogP contribution in [0.5, 0.6) is 0 Å². The van der Waals surface area contributed by atoms with Crippen molar-refractivity contribution in [2.24, 2.45) is 0 Å². The minimum absolute atomic E-state index is 0.133. The van der Waals surface area contributed by atoms with Crippen LogP contribution in [0.1, 0.15) is 15.9 Å². The molecular weight excluding hydrogens is 506 g/mol. The first-order valence-electron chi connectivity index (χ1n) is 11.0. The van der Waals surface area contributed by atoms with Crippen LogP contribution in [0.25, 0.3) is 21.2 Å². The molecule has 0 aliphatic carbocycles. The normalized spacial score (nSPS) is 15.0. The molecule has 35 heavy (non-hydrogen) atoms. The van der Waals surface area contributed by atoms with Crippen LogP contribution in [0.2, 0.25) is 5.02 Å². The summed E-state index contributed by atoms with van der Waals surface area (Å²) in [5, 5.41) is 12.6. The molecule has 3 heterocycles. The third-order valence-electron chi connectivity index (χ3n) is 6.22. The Kier molecular flexibility index (Phi) is 6.27. The van der Waals surface area contributed by atoms with Crippen LogP contribution in [0, 0.1) is 12.1 Å². The molecule has 0 radical (unpaired) electrons. The number of rotatable bonds is 4. The number of fused-ring (bicyclic) bond motifs is 1. The summed E-state index contributed by atoms with van der Waals surface area (Å²) in [6.07, 6.45) is 2.86. The Labute approximate surface area is 212 Å². The van der Waals surface area contributed by atoms with E-state index in [1.807, 2.05) is 18.2 Å². The van der Waals surface area contributed by atoms with Crippen molar-refractivity contribution in [2.45, 2.75) is 11.1 Å². The van der Waals surface area contributed by atoms with Crippen LogP contribution in [0.3, 0.4) is 0 Å². The molecule has 1 fully saturated rings. The predicted octanol–water partition coefficient (Wildman–Crippen LogP) is 4.31. The number of carbonyl (C=O) groups excluding carboxylic acids is 1. The molecule has 1 amide bonds. The van der Waals surface area contributed by atoms with Crippen molar-refractivity contribution >= 4 is 49.0 Å². The molecule has 0 spiro atoms. The molecule has 1 aliphatic rings. The minimum atomic E-state index is -3.67. The Morgan fingerprint density at radius 2 is 1.60 bits per heavy atom. The predicted molar refractivity (Wildman–Crippen MR) is 137 cm³/mol. The number of thiophene rings is 1. The van der Waals surface area contributed by atoms with Crippen LogP contribution >= 0.6 is 22.9 Å². The van der Waals surface area contributed by atoms with Crippen molar-refractivity contribution in [2.75, 3.05) is 26.2 Å². The highest BCUT2D eigenvalue weighted by molar-refractivity contribution is 7.91. The lowest BCUT2D eigenvalue weighted by atomic mass is 10.0. The van der Waals surface area contributed by atoms with Crippen molar-refractivity contribution in [3.63, 3.8) is 0 Å². The first-order valence-corrected chi connectivity index (χ1v) is 13.6. The van der Waals surface area contributed by atoms with Gasteiger partial charge in [-0.15, -0.1) is 11.3 Å². The zero-order valence-corrected chi connectivity index (χ0v) is 21.2. The maximum absolute atomic E-state index is 13.4. The second kappa shape index (κ2) is 9.23. The molecule has 1 aliphatic heterocycles. The summed E-state index contributed by atoms with van der Waals surface area (Å²) < 4.78 is 30.1. The Balaban J connectivity index is 1.28. The standard InChI is InChI=1S/C25H22ClN3O4S2/c1-17-22-16-21(26)6-7-23(22)34-25(17)35(32,33)29-14-12-27(13-15-29)24(30)20-4-2-18(3-5-20)19-8-10-28(31)11-9-19/h2-11,16H,12-15H2,1H3. The van der Waals surface area contributed by atoms with E-state index < -0.39 is 10.0 Å². The van der Waals surface area contributed by atoms with E-state index in [2.05, 4.69) is 0 Å². The molecule has 2 aromatic heterocycles.